The summed E-state index contributed by atoms with van der Waals surface area (Å²) in [6.07, 6.45) is 4.53. The van der Waals surface area contributed by atoms with E-state index in [2.05, 4.69) is 24.2 Å². The highest BCUT2D eigenvalue weighted by Crippen LogP contribution is 2.03. The minimum atomic E-state index is 0. The van der Waals surface area contributed by atoms with Crippen LogP contribution in [-0.4, -0.2) is 21.0 Å². The normalized spacial score (nSPS) is 12.6. The van der Waals surface area contributed by atoms with Gasteiger partial charge in [0.15, 0.2) is 0 Å². The fourth-order valence-electron chi connectivity index (χ4n) is 1.25. The number of hydrogen-bond acceptors (Lipinski definition) is 3. The van der Waals surface area contributed by atoms with E-state index >= 15 is 0 Å². The van der Waals surface area contributed by atoms with Crippen LogP contribution in [0.4, 0.5) is 0 Å². The second-order valence-electron chi connectivity index (χ2n) is 3.51. The summed E-state index contributed by atoms with van der Waals surface area (Å²) in [5, 5.41) is 7.56. The highest BCUT2D eigenvalue weighted by molar-refractivity contribution is 5.85. The van der Waals surface area contributed by atoms with Crippen molar-refractivity contribution in [3.63, 3.8) is 0 Å². The van der Waals surface area contributed by atoms with E-state index in [0.29, 0.717) is 5.92 Å². The zero-order valence-electron chi connectivity index (χ0n) is 8.05. The van der Waals surface area contributed by atoms with Gasteiger partial charge in [-0.2, -0.15) is 0 Å². The Morgan fingerprint density at radius 3 is 2.62 bits per heavy atom. The molecule has 2 N–H and O–H groups in total. The first kappa shape index (κ1) is 12.4. The second kappa shape index (κ2) is 5.94. The SMILES string of the molecule is CC(C)C[C@H](N)Cn1ccnn1.Cl. The first-order valence-electron chi connectivity index (χ1n) is 4.28. The number of nitrogens with zero attached hydrogens (tertiary/aromatic N) is 3. The minimum absolute atomic E-state index is 0. The molecule has 0 aromatic carbocycles. The molecule has 1 aromatic heterocycles. The number of halogens is 1. The van der Waals surface area contributed by atoms with Crippen molar-refractivity contribution < 1.29 is 0 Å². The van der Waals surface area contributed by atoms with Gasteiger partial charge in [-0.3, -0.25) is 4.68 Å². The van der Waals surface area contributed by atoms with Gasteiger partial charge in [-0.05, 0) is 12.3 Å². The van der Waals surface area contributed by atoms with Crippen molar-refractivity contribution in [1.82, 2.24) is 15.0 Å². The molecule has 13 heavy (non-hydrogen) atoms. The van der Waals surface area contributed by atoms with E-state index in [1.165, 1.54) is 0 Å². The average molecular weight is 205 g/mol. The lowest BCUT2D eigenvalue weighted by molar-refractivity contribution is 0.423. The quantitative estimate of drug-likeness (QED) is 0.799. The van der Waals surface area contributed by atoms with Crippen LogP contribution in [-0.2, 0) is 6.54 Å². The lowest BCUT2D eigenvalue weighted by atomic mass is 10.1. The number of hydrogen-bond donors (Lipinski definition) is 1. The van der Waals surface area contributed by atoms with Crippen LogP contribution in [0.2, 0.25) is 0 Å². The molecule has 1 heterocycles. The van der Waals surface area contributed by atoms with Gasteiger partial charge in [-0.1, -0.05) is 19.1 Å². The van der Waals surface area contributed by atoms with E-state index in [1.807, 2.05) is 6.20 Å². The molecule has 5 heteroatoms. The van der Waals surface area contributed by atoms with E-state index in [0.717, 1.165) is 13.0 Å². The number of aromatic nitrogens is 3. The van der Waals surface area contributed by atoms with Gasteiger partial charge in [-0.15, -0.1) is 17.5 Å². The van der Waals surface area contributed by atoms with Crippen molar-refractivity contribution in [2.24, 2.45) is 11.7 Å². The fraction of sp³-hybridized carbons (Fsp3) is 0.750. The third-order valence-corrected chi connectivity index (χ3v) is 1.67. The van der Waals surface area contributed by atoms with Gasteiger partial charge in [0.2, 0.25) is 0 Å². The Morgan fingerprint density at radius 2 is 2.15 bits per heavy atom. The maximum absolute atomic E-state index is 5.88. The lowest BCUT2D eigenvalue weighted by Gasteiger charge is -2.12. The van der Waals surface area contributed by atoms with Crippen molar-refractivity contribution in [3.05, 3.63) is 12.4 Å². The highest BCUT2D eigenvalue weighted by Gasteiger charge is 2.05. The van der Waals surface area contributed by atoms with Gasteiger partial charge in [0.1, 0.15) is 0 Å². The smallest absolute Gasteiger partial charge is 0.0692 e. The molecule has 1 atom stereocenters. The summed E-state index contributed by atoms with van der Waals surface area (Å²) in [5.41, 5.74) is 5.88. The molecule has 0 bridgehead atoms. The summed E-state index contributed by atoms with van der Waals surface area (Å²) in [6.45, 7) is 5.10. The molecule has 0 aliphatic rings. The Hall–Kier alpha value is -0.610. The zero-order valence-corrected chi connectivity index (χ0v) is 8.87. The molecule has 0 amide bonds. The largest absolute Gasteiger partial charge is 0.326 e. The Labute approximate surface area is 84.9 Å². The predicted molar refractivity (Wildman–Crippen MR) is 54.7 cm³/mol. The van der Waals surface area contributed by atoms with Crippen molar-refractivity contribution in [1.29, 1.82) is 0 Å². The first-order valence-corrected chi connectivity index (χ1v) is 4.28. The molecular formula is C8H17ClN4. The Bertz CT molecular complexity index is 210. The van der Waals surface area contributed by atoms with Crippen molar-refractivity contribution in [2.45, 2.75) is 32.9 Å². The van der Waals surface area contributed by atoms with Gasteiger partial charge in [-0.25, -0.2) is 0 Å². The topological polar surface area (TPSA) is 56.7 Å². The van der Waals surface area contributed by atoms with Crippen LogP contribution in [0.5, 0.6) is 0 Å². The van der Waals surface area contributed by atoms with Crippen LogP contribution < -0.4 is 5.73 Å². The minimum Gasteiger partial charge on any atom is -0.326 e. The molecule has 0 saturated carbocycles. The molecule has 1 rings (SSSR count). The summed E-state index contributed by atoms with van der Waals surface area (Å²) in [6, 6.07) is 0.187. The van der Waals surface area contributed by atoms with Crippen LogP contribution in [0.25, 0.3) is 0 Å². The van der Waals surface area contributed by atoms with Gasteiger partial charge in [0.25, 0.3) is 0 Å². The van der Waals surface area contributed by atoms with Crippen molar-refractivity contribution in [2.75, 3.05) is 0 Å². The lowest BCUT2D eigenvalue weighted by Crippen LogP contribution is -2.28. The molecule has 0 spiro atoms. The van der Waals surface area contributed by atoms with E-state index < -0.39 is 0 Å². The summed E-state index contributed by atoms with van der Waals surface area (Å²) < 4.78 is 1.77. The average Bonchev–Trinajstić information content (AvgIpc) is 2.37. The zero-order chi connectivity index (χ0) is 8.97. The Balaban J connectivity index is 0.00000144. The first-order chi connectivity index (χ1) is 5.68. The molecule has 0 unspecified atom stereocenters. The Morgan fingerprint density at radius 1 is 1.46 bits per heavy atom. The monoisotopic (exact) mass is 204 g/mol. The predicted octanol–water partition coefficient (Wildman–Crippen LogP) is 1.07. The summed E-state index contributed by atoms with van der Waals surface area (Å²) in [7, 11) is 0. The summed E-state index contributed by atoms with van der Waals surface area (Å²) in [4.78, 5) is 0. The maximum Gasteiger partial charge on any atom is 0.0692 e. The third-order valence-electron chi connectivity index (χ3n) is 1.67. The van der Waals surface area contributed by atoms with Crippen molar-refractivity contribution >= 4 is 12.4 Å². The second-order valence-corrected chi connectivity index (χ2v) is 3.51. The van der Waals surface area contributed by atoms with Gasteiger partial charge < -0.3 is 5.73 Å². The molecule has 1 aromatic rings. The molecule has 0 radical (unpaired) electrons. The third kappa shape index (κ3) is 4.85. The summed E-state index contributed by atoms with van der Waals surface area (Å²) in [5.74, 6) is 0.642. The van der Waals surface area contributed by atoms with Crippen LogP contribution in [0.3, 0.4) is 0 Å². The van der Waals surface area contributed by atoms with Gasteiger partial charge in [0, 0.05) is 12.2 Å². The maximum atomic E-state index is 5.88. The van der Waals surface area contributed by atoms with E-state index in [-0.39, 0.29) is 18.4 Å². The Kier molecular flexibility index (Phi) is 5.66. The molecule has 0 aliphatic heterocycles. The fourth-order valence-corrected chi connectivity index (χ4v) is 1.25. The molecular weight excluding hydrogens is 188 g/mol. The van der Waals surface area contributed by atoms with Crippen LogP contribution in [0.1, 0.15) is 20.3 Å². The van der Waals surface area contributed by atoms with Crippen LogP contribution in [0.15, 0.2) is 12.4 Å². The molecule has 0 fully saturated rings. The summed E-state index contributed by atoms with van der Waals surface area (Å²) >= 11 is 0. The number of rotatable bonds is 4. The molecule has 0 saturated heterocycles. The number of nitrogens with two attached hydrogens (primary N) is 1. The van der Waals surface area contributed by atoms with Crippen LogP contribution in [0, 0.1) is 5.92 Å². The van der Waals surface area contributed by atoms with E-state index in [9.17, 15) is 0 Å². The highest BCUT2D eigenvalue weighted by atomic mass is 35.5. The van der Waals surface area contributed by atoms with Crippen LogP contribution >= 0.6 is 12.4 Å². The van der Waals surface area contributed by atoms with E-state index in [1.54, 1.807) is 10.9 Å². The molecule has 0 aliphatic carbocycles. The molecule has 4 nitrogen and oxygen atoms in total. The van der Waals surface area contributed by atoms with Gasteiger partial charge >= 0.3 is 0 Å². The standard InChI is InChI=1S/C8H16N4.ClH/c1-7(2)5-8(9)6-12-4-3-10-11-12;/h3-4,7-8H,5-6,9H2,1-2H3;1H/t8-;/m0./s1. The van der Waals surface area contributed by atoms with Crippen molar-refractivity contribution in [3.8, 4) is 0 Å². The van der Waals surface area contributed by atoms with E-state index in [4.69, 9.17) is 5.73 Å². The van der Waals surface area contributed by atoms with Gasteiger partial charge in [0.05, 0.1) is 12.7 Å². The molecule has 76 valence electrons.